The van der Waals surface area contributed by atoms with Gasteiger partial charge in [0.25, 0.3) is 0 Å². The van der Waals surface area contributed by atoms with E-state index < -0.39 is 15.3 Å². The summed E-state index contributed by atoms with van der Waals surface area (Å²) in [6, 6.07) is 2.79. The average molecular weight is 397 g/mol. The van der Waals surface area contributed by atoms with Crippen LogP contribution in [-0.4, -0.2) is 86.5 Å². The Morgan fingerprint density at radius 2 is 1.96 bits per heavy atom. The first kappa shape index (κ1) is 20.4. The maximum Gasteiger partial charge on any atom is 0.320 e. The third-order valence-corrected chi connectivity index (χ3v) is 7.75. The number of carbonyl (C=O) groups is 1. The lowest BCUT2D eigenvalue weighted by Gasteiger charge is -2.48. The summed E-state index contributed by atoms with van der Waals surface area (Å²) in [5, 5.41) is 9.70. The molecule has 1 aliphatic heterocycles. The van der Waals surface area contributed by atoms with Crippen LogP contribution >= 0.6 is 0 Å². The van der Waals surface area contributed by atoms with Gasteiger partial charge in [-0.3, -0.25) is 0 Å². The van der Waals surface area contributed by atoms with Crippen molar-refractivity contribution in [2.75, 3.05) is 45.7 Å². The molecular formula is C19H32N4O3S. The van der Waals surface area contributed by atoms with E-state index in [1.54, 1.807) is 4.90 Å². The molecule has 2 unspecified atom stereocenters. The van der Waals surface area contributed by atoms with Crippen LogP contribution in [0.25, 0.3) is 0 Å². The van der Waals surface area contributed by atoms with Gasteiger partial charge in [0.1, 0.15) is 9.84 Å². The van der Waals surface area contributed by atoms with Crippen molar-refractivity contribution >= 4 is 15.9 Å². The minimum atomic E-state index is -3.13. The maximum atomic E-state index is 13.2. The van der Waals surface area contributed by atoms with Crippen molar-refractivity contribution in [2.45, 2.75) is 56.5 Å². The van der Waals surface area contributed by atoms with Gasteiger partial charge in [-0.2, -0.15) is 5.26 Å². The predicted octanol–water partition coefficient (Wildman–Crippen LogP) is 1.71. The van der Waals surface area contributed by atoms with Crippen molar-refractivity contribution in [1.82, 2.24) is 14.7 Å². The molecule has 152 valence electrons. The second kappa shape index (κ2) is 7.25. The molecular weight excluding hydrogens is 364 g/mol. The van der Waals surface area contributed by atoms with Gasteiger partial charge in [0.15, 0.2) is 0 Å². The predicted molar refractivity (Wildman–Crippen MR) is 104 cm³/mol. The number of amides is 2. The van der Waals surface area contributed by atoms with E-state index in [2.05, 4.69) is 25.1 Å². The van der Waals surface area contributed by atoms with Gasteiger partial charge in [-0.25, -0.2) is 13.2 Å². The molecule has 2 aliphatic carbocycles. The van der Waals surface area contributed by atoms with E-state index in [0.717, 1.165) is 44.9 Å². The van der Waals surface area contributed by atoms with E-state index in [4.69, 9.17) is 0 Å². The number of carbonyl (C=O) groups excluding carboxylic acids is 1. The van der Waals surface area contributed by atoms with Gasteiger partial charge < -0.3 is 14.7 Å². The lowest BCUT2D eigenvalue weighted by atomic mass is 9.68. The molecule has 2 amide bonds. The van der Waals surface area contributed by atoms with Crippen LogP contribution in [0.1, 0.15) is 44.9 Å². The molecule has 1 spiro atoms. The van der Waals surface area contributed by atoms with Crippen LogP contribution in [0.4, 0.5) is 4.79 Å². The number of hydrogen-bond acceptors (Lipinski definition) is 5. The van der Waals surface area contributed by atoms with Gasteiger partial charge in [0.05, 0.1) is 22.8 Å². The van der Waals surface area contributed by atoms with Gasteiger partial charge in [0.2, 0.25) is 0 Å². The van der Waals surface area contributed by atoms with Gasteiger partial charge in [-0.15, -0.1) is 0 Å². The number of urea groups is 1. The summed E-state index contributed by atoms with van der Waals surface area (Å²) in [4.78, 5) is 19.1. The number of rotatable bonds is 6. The highest BCUT2D eigenvalue weighted by atomic mass is 32.2. The highest BCUT2D eigenvalue weighted by Gasteiger charge is 2.54. The second-order valence-electron chi connectivity index (χ2n) is 9.10. The Kier molecular flexibility index (Phi) is 5.48. The van der Waals surface area contributed by atoms with Crippen LogP contribution in [0.3, 0.4) is 0 Å². The van der Waals surface area contributed by atoms with Crippen LogP contribution < -0.4 is 0 Å². The van der Waals surface area contributed by atoms with Crippen molar-refractivity contribution in [3.8, 4) is 6.07 Å². The van der Waals surface area contributed by atoms with E-state index in [9.17, 15) is 18.5 Å². The molecule has 2 atom stereocenters. The summed E-state index contributed by atoms with van der Waals surface area (Å²) in [7, 11) is 1.03. The standard InChI is InChI=1S/C19H32N4O3S/c1-21(2)16-6-4-9-19(12-16)15-22(10-11-27(3,25)26)17(24)23(19)14-18(13-20)7-5-8-18/h16H,4-12,14-15H2,1-3H3. The van der Waals surface area contributed by atoms with Crippen molar-refractivity contribution in [1.29, 1.82) is 5.26 Å². The molecule has 7 nitrogen and oxygen atoms in total. The second-order valence-corrected chi connectivity index (χ2v) is 11.4. The van der Waals surface area contributed by atoms with E-state index in [-0.39, 0.29) is 23.9 Å². The van der Waals surface area contributed by atoms with E-state index >= 15 is 0 Å². The van der Waals surface area contributed by atoms with Crippen molar-refractivity contribution in [2.24, 2.45) is 5.41 Å². The Morgan fingerprint density at radius 1 is 1.26 bits per heavy atom. The fraction of sp³-hybridized carbons (Fsp3) is 0.895. The fourth-order valence-electron chi connectivity index (χ4n) is 4.92. The molecule has 1 saturated heterocycles. The topological polar surface area (TPSA) is 84.7 Å². The van der Waals surface area contributed by atoms with Gasteiger partial charge in [-0.05, 0) is 52.6 Å². The maximum absolute atomic E-state index is 13.2. The largest absolute Gasteiger partial charge is 0.321 e. The van der Waals surface area contributed by atoms with Crippen molar-refractivity contribution in [3.05, 3.63) is 0 Å². The van der Waals surface area contributed by atoms with Gasteiger partial charge >= 0.3 is 6.03 Å². The summed E-state index contributed by atoms with van der Waals surface area (Å²) in [5.41, 5.74) is -0.693. The first-order valence-corrected chi connectivity index (χ1v) is 12.0. The third-order valence-electron chi connectivity index (χ3n) is 6.83. The van der Waals surface area contributed by atoms with Crippen LogP contribution in [0.15, 0.2) is 0 Å². The Bertz CT molecular complexity index is 726. The minimum Gasteiger partial charge on any atom is -0.321 e. The Hall–Kier alpha value is -1.33. The molecule has 0 radical (unpaired) electrons. The number of nitrogens with zero attached hydrogens (tertiary/aromatic N) is 4. The Balaban J connectivity index is 1.85. The zero-order valence-corrected chi connectivity index (χ0v) is 17.6. The quantitative estimate of drug-likeness (QED) is 0.682. The van der Waals surface area contributed by atoms with Crippen LogP contribution in [0.5, 0.6) is 0 Å². The van der Waals surface area contributed by atoms with Crippen LogP contribution in [0.2, 0.25) is 0 Å². The van der Waals surface area contributed by atoms with Crippen molar-refractivity contribution < 1.29 is 13.2 Å². The average Bonchev–Trinajstić information content (AvgIpc) is 2.80. The zero-order chi connectivity index (χ0) is 19.9. The molecule has 0 aromatic carbocycles. The molecule has 3 rings (SSSR count). The van der Waals surface area contributed by atoms with E-state index in [0.29, 0.717) is 19.1 Å². The number of hydrogen-bond donors (Lipinski definition) is 0. The first-order valence-electron chi connectivity index (χ1n) is 9.92. The molecule has 27 heavy (non-hydrogen) atoms. The molecule has 2 saturated carbocycles. The van der Waals surface area contributed by atoms with Gasteiger partial charge in [0, 0.05) is 31.9 Å². The monoisotopic (exact) mass is 396 g/mol. The van der Waals surface area contributed by atoms with Crippen LogP contribution in [0, 0.1) is 16.7 Å². The minimum absolute atomic E-state index is 0.0108. The summed E-state index contributed by atoms with van der Waals surface area (Å²) in [5.74, 6) is -0.0108. The highest BCUT2D eigenvalue weighted by molar-refractivity contribution is 7.90. The molecule has 0 aromatic heterocycles. The summed E-state index contributed by atoms with van der Waals surface area (Å²) in [6.45, 7) is 1.30. The SMILES string of the molecule is CN(C)C1CCCC2(C1)CN(CCS(C)(=O)=O)C(=O)N2CC1(C#N)CCC1. The van der Waals surface area contributed by atoms with E-state index in [1.807, 2.05) is 4.90 Å². The fourth-order valence-corrected chi connectivity index (χ4v) is 5.47. The molecule has 3 fully saturated rings. The Labute approximate surface area is 163 Å². The summed E-state index contributed by atoms with van der Waals surface area (Å²) in [6.07, 6.45) is 7.94. The normalized spacial score (nSPS) is 30.6. The Morgan fingerprint density at radius 3 is 2.48 bits per heavy atom. The van der Waals surface area contributed by atoms with Gasteiger partial charge in [-0.1, -0.05) is 6.42 Å². The third kappa shape index (κ3) is 4.09. The molecule has 0 bridgehead atoms. The van der Waals surface area contributed by atoms with E-state index in [1.165, 1.54) is 6.26 Å². The van der Waals surface area contributed by atoms with Crippen LogP contribution in [-0.2, 0) is 9.84 Å². The molecule has 3 aliphatic rings. The lowest BCUT2D eigenvalue weighted by Crippen LogP contribution is -2.57. The smallest absolute Gasteiger partial charge is 0.320 e. The lowest BCUT2D eigenvalue weighted by molar-refractivity contribution is 0.0388. The molecule has 0 aromatic rings. The first-order chi connectivity index (χ1) is 12.6. The summed E-state index contributed by atoms with van der Waals surface area (Å²) >= 11 is 0. The number of nitriles is 1. The zero-order valence-electron chi connectivity index (χ0n) is 16.8. The molecule has 8 heteroatoms. The highest BCUT2D eigenvalue weighted by Crippen LogP contribution is 2.47. The molecule has 1 heterocycles. The van der Waals surface area contributed by atoms with Crippen molar-refractivity contribution in [3.63, 3.8) is 0 Å². The molecule has 0 N–H and O–H groups in total. The number of sulfone groups is 1. The summed E-state index contributed by atoms with van der Waals surface area (Å²) < 4.78 is 23.2.